The summed E-state index contributed by atoms with van der Waals surface area (Å²) < 4.78 is 37.9. The van der Waals surface area contributed by atoms with E-state index < -0.39 is 30.0 Å². The summed E-state index contributed by atoms with van der Waals surface area (Å²) >= 11 is 0. The number of rotatable bonds is 4. The molecule has 0 saturated heterocycles. The van der Waals surface area contributed by atoms with Crippen LogP contribution in [0.2, 0.25) is 0 Å². The summed E-state index contributed by atoms with van der Waals surface area (Å²) in [5, 5.41) is 2.52. The summed E-state index contributed by atoms with van der Waals surface area (Å²) in [6, 6.07) is -0.622. The van der Waals surface area contributed by atoms with Gasteiger partial charge in [0.05, 0.1) is 12.0 Å². The van der Waals surface area contributed by atoms with E-state index in [9.17, 15) is 22.8 Å². The van der Waals surface area contributed by atoms with Crippen LogP contribution in [0.3, 0.4) is 0 Å². The molecule has 1 N–H and O–H groups in total. The zero-order valence-electron chi connectivity index (χ0n) is 11.2. The van der Waals surface area contributed by atoms with E-state index in [1.807, 2.05) is 0 Å². The maximum Gasteiger partial charge on any atom is 0.391 e. The highest BCUT2D eigenvalue weighted by Gasteiger charge is 2.43. The van der Waals surface area contributed by atoms with Gasteiger partial charge in [0, 0.05) is 12.3 Å². The highest BCUT2D eigenvalue weighted by Crippen LogP contribution is 2.39. The monoisotopic (exact) mass is 279 g/mol. The van der Waals surface area contributed by atoms with E-state index in [4.69, 9.17) is 0 Å². The van der Waals surface area contributed by atoms with Crippen molar-refractivity contribution in [3.05, 3.63) is 0 Å². The molecule has 1 aliphatic carbocycles. The molecule has 0 aromatic carbocycles. The molecule has 0 aromatic heterocycles. The van der Waals surface area contributed by atoms with Crippen LogP contribution in [0.1, 0.15) is 46.0 Å². The van der Waals surface area contributed by atoms with E-state index in [2.05, 4.69) is 5.32 Å². The number of amides is 1. The molecule has 6 heteroatoms. The molecule has 0 aromatic rings. The van der Waals surface area contributed by atoms with Crippen LogP contribution in [0.15, 0.2) is 0 Å². The molecular formula is C13H20F3NO2. The molecule has 110 valence electrons. The van der Waals surface area contributed by atoms with Gasteiger partial charge in [-0.15, -0.1) is 0 Å². The average molecular weight is 279 g/mol. The lowest BCUT2D eigenvalue weighted by molar-refractivity contribution is -0.186. The smallest absolute Gasteiger partial charge is 0.346 e. The molecule has 1 rings (SSSR count). The molecule has 1 saturated carbocycles. The number of alkyl halides is 3. The van der Waals surface area contributed by atoms with Crippen molar-refractivity contribution in [2.24, 2.45) is 11.8 Å². The Kier molecular flexibility index (Phi) is 5.38. The maximum atomic E-state index is 12.6. The number of carbonyl (C=O) groups is 2. The third kappa shape index (κ3) is 4.51. The molecule has 19 heavy (non-hydrogen) atoms. The van der Waals surface area contributed by atoms with Crippen molar-refractivity contribution in [3.63, 3.8) is 0 Å². The second kappa shape index (κ2) is 6.39. The van der Waals surface area contributed by atoms with E-state index in [0.717, 1.165) is 0 Å². The van der Waals surface area contributed by atoms with Crippen molar-refractivity contribution in [3.8, 4) is 0 Å². The Labute approximate surface area is 110 Å². The Balaban J connectivity index is 2.55. The molecule has 0 heterocycles. The minimum absolute atomic E-state index is 0.0940. The maximum absolute atomic E-state index is 12.6. The van der Waals surface area contributed by atoms with Crippen LogP contribution in [0, 0.1) is 11.8 Å². The van der Waals surface area contributed by atoms with Gasteiger partial charge in [-0.25, -0.2) is 0 Å². The summed E-state index contributed by atoms with van der Waals surface area (Å²) in [6.45, 7) is 3.25. The van der Waals surface area contributed by atoms with Crippen molar-refractivity contribution < 1.29 is 22.8 Å². The number of halogens is 3. The molecule has 0 bridgehead atoms. The fourth-order valence-corrected chi connectivity index (χ4v) is 2.44. The van der Waals surface area contributed by atoms with Gasteiger partial charge < -0.3 is 5.32 Å². The number of Topliss-reactive ketones (excluding diaryl/α,β-unsaturated/α-hetero) is 1. The van der Waals surface area contributed by atoms with Gasteiger partial charge in [0.25, 0.3) is 0 Å². The average Bonchev–Trinajstić information content (AvgIpc) is 2.36. The third-order valence-electron chi connectivity index (χ3n) is 3.70. The van der Waals surface area contributed by atoms with Crippen LogP contribution < -0.4 is 5.32 Å². The Bertz CT molecular complexity index is 341. The Morgan fingerprint density at radius 1 is 1.32 bits per heavy atom. The van der Waals surface area contributed by atoms with Gasteiger partial charge in [0.1, 0.15) is 0 Å². The lowest BCUT2D eigenvalue weighted by Crippen LogP contribution is -2.43. The van der Waals surface area contributed by atoms with Gasteiger partial charge in [-0.2, -0.15) is 13.2 Å². The molecular weight excluding hydrogens is 259 g/mol. The molecule has 1 aliphatic rings. The van der Waals surface area contributed by atoms with Crippen molar-refractivity contribution in [2.45, 2.75) is 58.2 Å². The summed E-state index contributed by atoms with van der Waals surface area (Å²) in [6.07, 6.45) is -3.13. The van der Waals surface area contributed by atoms with Gasteiger partial charge in [0.15, 0.2) is 5.78 Å². The van der Waals surface area contributed by atoms with Gasteiger partial charge in [-0.05, 0) is 26.2 Å². The molecule has 0 radical (unpaired) electrons. The van der Waals surface area contributed by atoms with E-state index in [1.54, 1.807) is 13.8 Å². The van der Waals surface area contributed by atoms with E-state index in [-0.39, 0.29) is 18.6 Å². The van der Waals surface area contributed by atoms with Crippen LogP contribution in [-0.2, 0) is 9.59 Å². The largest absolute Gasteiger partial charge is 0.391 e. The number of carbonyl (C=O) groups excluding carboxylic acids is 2. The summed E-state index contributed by atoms with van der Waals surface area (Å²) in [4.78, 5) is 23.2. The fourth-order valence-electron chi connectivity index (χ4n) is 2.44. The minimum Gasteiger partial charge on any atom is -0.346 e. The quantitative estimate of drug-likeness (QED) is 0.860. The zero-order valence-corrected chi connectivity index (χ0v) is 11.2. The Morgan fingerprint density at radius 2 is 1.95 bits per heavy atom. The predicted molar refractivity (Wildman–Crippen MR) is 64.4 cm³/mol. The van der Waals surface area contributed by atoms with Crippen molar-refractivity contribution in [1.29, 1.82) is 0 Å². The SMILES string of the molecule is CCC(=O)C(C)NC(=O)C1CCCC(C(F)(F)F)C1. The lowest BCUT2D eigenvalue weighted by Gasteiger charge is -2.30. The first kappa shape index (κ1) is 16.0. The second-order valence-electron chi connectivity index (χ2n) is 5.15. The van der Waals surface area contributed by atoms with Crippen LogP contribution in [0.5, 0.6) is 0 Å². The highest BCUT2D eigenvalue weighted by atomic mass is 19.4. The first-order valence-corrected chi connectivity index (χ1v) is 6.65. The standard InChI is InChI=1S/C13H20F3NO2/c1-3-11(18)8(2)17-12(19)9-5-4-6-10(7-9)13(14,15)16/h8-10H,3-7H2,1-2H3,(H,17,19). The zero-order chi connectivity index (χ0) is 14.6. The highest BCUT2D eigenvalue weighted by molar-refractivity contribution is 5.89. The minimum atomic E-state index is -4.23. The first-order valence-electron chi connectivity index (χ1n) is 6.65. The molecule has 3 nitrogen and oxygen atoms in total. The van der Waals surface area contributed by atoms with E-state index in [1.165, 1.54) is 0 Å². The fraction of sp³-hybridized carbons (Fsp3) is 0.846. The van der Waals surface area contributed by atoms with Gasteiger partial charge in [0.2, 0.25) is 5.91 Å². The molecule has 1 fully saturated rings. The summed E-state index contributed by atoms with van der Waals surface area (Å²) in [7, 11) is 0. The van der Waals surface area contributed by atoms with Crippen molar-refractivity contribution >= 4 is 11.7 Å². The lowest BCUT2D eigenvalue weighted by atomic mass is 9.80. The number of ketones is 1. The number of hydrogen-bond donors (Lipinski definition) is 1. The van der Waals surface area contributed by atoms with Gasteiger partial charge in [-0.1, -0.05) is 13.3 Å². The van der Waals surface area contributed by atoms with E-state index >= 15 is 0 Å². The summed E-state index contributed by atoms with van der Waals surface area (Å²) in [5.74, 6) is -2.57. The molecule has 0 aliphatic heterocycles. The number of nitrogens with one attached hydrogen (secondary N) is 1. The molecule has 3 unspecified atom stereocenters. The second-order valence-corrected chi connectivity index (χ2v) is 5.15. The Morgan fingerprint density at radius 3 is 2.47 bits per heavy atom. The molecule has 3 atom stereocenters. The van der Waals surface area contributed by atoms with Crippen LogP contribution in [0.4, 0.5) is 13.2 Å². The van der Waals surface area contributed by atoms with Crippen molar-refractivity contribution in [1.82, 2.24) is 5.32 Å². The predicted octanol–water partition coefficient (Wildman–Crippen LogP) is 2.84. The van der Waals surface area contributed by atoms with Gasteiger partial charge in [-0.3, -0.25) is 9.59 Å². The molecule has 0 spiro atoms. The molecule has 1 amide bonds. The Hall–Kier alpha value is -1.07. The van der Waals surface area contributed by atoms with Crippen LogP contribution in [-0.4, -0.2) is 23.9 Å². The van der Waals surface area contributed by atoms with Crippen LogP contribution in [0.25, 0.3) is 0 Å². The third-order valence-corrected chi connectivity index (χ3v) is 3.70. The first-order chi connectivity index (χ1) is 8.75. The normalized spacial score (nSPS) is 25.7. The number of hydrogen-bond acceptors (Lipinski definition) is 2. The van der Waals surface area contributed by atoms with E-state index in [0.29, 0.717) is 19.3 Å². The van der Waals surface area contributed by atoms with Gasteiger partial charge >= 0.3 is 6.18 Å². The van der Waals surface area contributed by atoms with Crippen LogP contribution >= 0.6 is 0 Å². The summed E-state index contributed by atoms with van der Waals surface area (Å²) in [5.41, 5.74) is 0. The van der Waals surface area contributed by atoms with Crippen molar-refractivity contribution in [2.75, 3.05) is 0 Å². The topological polar surface area (TPSA) is 46.2 Å².